The van der Waals surface area contributed by atoms with Crippen molar-refractivity contribution >= 4 is 50.5 Å². The Morgan fingerprint density at radius 1 is 1.20 bits per heavy atom. The molecule has 2 rings (SSSR count). The van der Waals surface area contributed by atoms with E-state index in [1.165, 1.54) is 10.4 Å². The van der Waals surface area contributed by atoms with Gasteiger partial charge in [-0.05, 0) is 45.6 Å². The lowest BCUT2D eigenvalue weighted by molar-refractivity contribution is 0.412. The summed E-state index contributed by atoms with van der Waals surface area (Å²) in [5.41, 5.74) is 1.26. The highest BCUT2D eigenvalue weighted by molar-refractivity contribution is 9.10. The van der Waals surface area contributed by atoms with Crippen LogP contribution in [-0.4, -0.2) is 0 Å². The maximum Gasteiger partial charge on any atom is 0.107 e. The lowest BCUT2D eigenvalue weighted by Crippen LogP contribution is -2.25. The van der Waals surface area contributed by atoms with Crippen LogP contribution < -0.4 is 5.32 Å². The van der Waals surface area contributed by atoms with E-state index < -0.39 is 0 Å². The molecule has 1 aromatic carbocycles. The molecule has 1 N–H and O–H groups in total. The van der Waals surface area contributed by atoms with E-state index in [2.05, 4.69) is 53.3 Å². The van der Waals surface area contributed by atoms with Gasteiger partial charge in [0.2, 0.25) is 0 Å². The Morgan fingerprint density at radius 2 is 1.85 bits per heavy atom. The number of hydrogen-bond acceptors (Lipinski definition) is 2. The molecular weight excluding hydrogens is 377 g/mol. The number of halogens is 3. The third-order valence-electron chi connectivity index (χ3n) is 3.09. The average Bonchev–Trinajstić information content (AvgIpc) is 2.71. The van der Waals surface area contributed by atoms with Crippen LogP contribution >= 0.6 is 50.5 Å². The molecule has 1 heterocycles. The van der Waals surface area contributed by atoms with Crippen LogP contribution in [-0.2, 0) is 6.54 Å². The minimum atomic E-state index is 0.298. The molecule has 5 heteroatoms. The van der Waals surface area contributed by atoms with Crippen molar-refractivity contribution in [2.75, 3.05) is 0 Å². The van der Waals surface area contributed by atoms with Crippen LogP contribution in [0, 0.1) is 5.92 Å². The van der Waals surface area contributed by atoms with Crippen LogP contribution in [0.4, 0.5) is 0 Å². The molecule has 1 atom stereocenters. The van der Waals surface area contributed by atoms with E-state index in [-0.39, 0.29) is 0 Å². The fourth-order valence-corrected chi connectivity index (χ4v) is 3.97. The van der Waals surface area contributed by atoms with E-state index in [9.17, 15) is 0 Å². The van der Waals surface area contributed by atoms with E-state index >= 15 is 0 Å². The summed E-state index contributed by atoms with van der Waals surface area (Å²) >= 11 is 17.1. The normalized spacial score (nSPS) is 12.9. The fourth-order valence-electron chi connectivity index (χ4n) is 2.10. The number of thiophene rings is 1. The molecule has 0 aliphatic rings. The van der Waals surface area contributed by atoms with Crippen molar-refractivity contribution < 1.29 is 0 Å². The molecule has 0 aliphatic carbocycles. The number of hydrogen-bond donors (Lipinski definition) is 1. The van der Waals surface area contributed by atoms with Crippen molar-refractivity contribution in [3.8, 4) is 0 Å². The van der Waals surface area contributed by atoms with E-state index in [0.717, 1.165) is 20.4 Å². The van der Waals surface area contributed by atoms with Gasteiger partial charge in [0.15, 0.2) is 0 Å². The summed E-state index contributed by atoms with van der Waals surface area (Å²) in [4.78, 5) is 1.22. The first-order chi connectivity index (χ1) is 9.47. The van der Waals surface area contributed by atoms with Gasteiger partial charge in [-0.15, -0.1) is 11.3 Å². The first-order valence-electron chi connectivity index (χ1n) is 6.40. The van der Waals surface area contributed by atoms with Crippen molar-refractivity contribution in [3.63, 3.8) is 0 Å². The Morgan fingerprint density at radius 3 is 2.35 bits per heavy atom. The van der Waals surface area contributed by atoms with Gasteiger partial charge < -0.3 is 5.32 Å². The topological polar surface area (TPSA) is 12.0 Å². The molecule has 0 aliphatic heterocycles. The van der Waals surface area contributed by atoms with Gasteiger partial charge in [-0.25, -0.2) is 0 Å². The van der Waals surface area contributed by atoms with Gasteiger partial charge in [-0.1, -0.05) is 49.2 Å². The molecule has 0 amide bonds. The molecule has 1 unspecified atom stereocenters. The monoisotopic (exact) mass is 391 g/mol. The Bertz CT molecular complexity index is 546. The highest BCUT2D eigenvalue weighted by Gasteiger charge is 2.16. The smallest absolute Gasteiger partial charge is 0.107 e. The van der Waals surface area contributed by atoms with E-state index in [0.29, 0.717) is 12.0 Å². The van der Waals surface area contributed by atoms with Crippen LogP contribution in [0.1, 0.15) is 30.3 Å². The molecule has 0 radical (unpaired) electrons. The second-order valence-electron chi connectivity index (χ2n) is 4.99. The van der Waals surface area contributed by atoms with Crippen molar-refractivity contribution in [1.82, 2.24) is 5.32 Å². The van der Waals surface area contributed by atoms with Gasteiger partial charge >= 0.3 is 0 Å². The van der Waals surface area contributed by atoms with Crippen molar-refractivity contribution in [2.45, 2.75) is 26.4 Å². The molecule has 0 fully saturated rings. The minimum Gasteiger partial charge on any atom is -0.305 e. The highest BCUT2D eigenvalue weighted by atomic mass is 79.9. The summed E-state index contributed by atoms with van der Waals surface area (Å²) in [7, 11) is 0. The zero-order valence-corrected chi connectivity index (χ0v) is 15.2. The fraction of sp³-hybridized carbons (Fsp3) is 0.333. The lowest BCUT2D eigenvalue weighted by Gasteiger charge is -2.22. The summed E-state index contributed by atoms with van der Waals surface area (Å²) in [6, 6.07) is 10.4. The van der Waals surface area contributed by atoms with E-state index in [1.54, 1.807) is 11.3 Å². The Hall–Kier alpha value is -0.0600. The van der Waals surface area contributed by atoms with Gasteiger partial charge in [-0.2, -0.15) is 0 Å². The SMILES string of the molecule is CC(C)C(NCc1cc(Br)c(Cl)s1)c1ccc(Cl)cc1. The quantitative estimate of drug-likeness (QED) is 0.628. The van der Waals surface area contributed by atoms with Crippen LogP contribution in [0.5, 0.6) is 0 Å². The van der Waals surface area contributed by atoms with E-state index in [1.807, 2.05) is 12.1 Å². The first kappa shape index (κ1) is 16.3. The molecule has 1 nitrogen and oxygen atoms in total. The van der Waals surface area contributed by atoms with Crippen LogP contribution in [0.25, 0.3) is 0 Å². The zero-order valence-electron chi connectivity index (χ0n) is 11.3. The maximum atomic E-state index is 6.07. The van der Waals surface area contributed by atoms with Crippen molar-refractivity contribution in [2.24, 2.45) is 5.92 Å². The molecule has 0 bridgehead atoms. The second-order valence-corrected chi connectivity index (χ2v) is 8.02. The molecule has 20 heavy (non-hydrogen) atoms. The van der Waals surface area contributed by atoms with Crippen molar-refractivity contribution in [3.05, 3.63) is 54.6 Å². The summed E-state index contributed by atoms with van der Waals surface area (Å²) < 4.78 is 1.77. The highest BCUT2D eigenvalue weighted by Crippen LogP contribution is 2.32. The van der Waals surface area contributed by atoms with Crippen molar-refractivity contribution in [1.29, 1.82) is 0 Å². The van der Waals surface area contributed by atoms with Gasteiger partial charge in [0.25, 0.3) is 0 Å². The molecule has 0 spiro atoms. The first-order valence-corrected chi connectivity index (χ1v) is 8.76. The maximum absolute atomic E-state index is 6.07. The minimum absolute atomic E-state index is 0.298. The summed E-state index contributed by atoms with van der Waals surface area (Å²) in [5, 5.41) is 4.37. The third kappa shape index (κ3) is 4.22. The van der Waals surface area contributed by atoms with Gasteiger partial charge in [0.1, 0.15) is 4.34 Å². The standard InChI is InChI=1S/C15H16BrCl2NS/c1-9(2)14(10-3-5-11(17)6-4-10)19-8-12-7-13(16)15(18)20-12/h3-7,9,14,19H,8H2,1-2H3. The van der Waals surface area contributed by atoms with Gasteiger partial charge in [-0.3, -0.25) is 0 Å². The molecule has 0 saturated carbocycles. The molecule has 108 valence electrons. The Labute approximate surface area is 142 Å². The molecule has 2 aromatic rings. The van der Waals surface area contributed by atoms with Crippen LogP contribution in [0.15, 0.2) is 34.8 Å². The third-order valence-corrected chi connectivity index (χ3v) is 5.81. The van der Waals surface area contributed by atoms with Crippen LogP contribution in [0.3, 0.4) is 0 Å². The lowest BCUT2D eigenvalue weighted by atomic mass is 9.96. The van der Waals surface area contributed by atoms with Crippen LogP contribution in [0.2, 0.25) is 9.36 Å². The largest absolute Gasteiger partial charge is 0.305 e. The summed E-state index contributed by atoms with van der Waals surface area (Å²) in [5.74, 6) is 0.495. The predicted molar refractivity (Wildman–Crippen MR) is 92.9 cm³/mol. The second kappa shape index (κ2) is 7.28. The number of rotatable bonds is 5. The molecule has 1 aromatic heterocycles. The van der Waals surface area contributed by atoms with E-state index in [4.69, 9.17) is 23.2 Å². The Balaban J connectivity index is 2.08. The summed E-state index contributed by atoms with van der Waals surface area (Å²) in [6.45, 7) is 5.23. The Kier molecular flexibility index (Phi) is 5.94. The molecular formula is C15H16BrCl2NS. The number of nitrogens with one attached hydrogen (secondary N) is 1. The van der Waals surface area contributed by atoms with Gasteiger partial charge in [0, 0.05) is 27.0 Å². The zero-order chi connectivity index (χ0) is 14.7. The van der Waals surface area contributed by atoms with Gasteiger partial charge in [0.05, 0.1) is 0 Å². The average molecular weight is 393 g/mol. The summed E-state index contributed by atoms with van der Waals surface area (Å²) in [6.07, 6.45) is 0. The predicted octanol–water partition coefficient (Wildman–Crippen LogP) is 6.30. The molecule has 0 saturated heterocycles. The number of benzene rings is 1.